The molecule has 0 radical (unpaired) electrons. The van der Waals surface area contributed by atoms with Gasteiger partial charge in [-0.2, -0.15) is 0 Å². The second-order valence-electron chi connectivity index (χ2n) is 6.82. The number of ether oxygens (including phenoxy) is 1. The maximum atomic E-state index is 13.2. The van der Waals surface area contributed by atoms with Crippen molar-refractivity contribution in [1.29, 1.82) is 0 Å². The highest BCUT2D eigenvalue weighted by molar-refractivity contribution is 6.23. The molecular formula is C22H22N2O3. The Morgan fingerprint density at radius 2 is 1.93 bits per heavy atom. The van der Waals surface area contributed by atoms with E-state index in [1.165, 1.54) is 4.90 Å². The van der Waals surface area contributed by atoms with Gasteiger partial charge in [0.1, 0.15) is 5.75 Å². The van der Waals surface area contributed by atoms with Gasteiger partial charge in [0.25, 0.3) is 0 Å². The van der Waals surface area contributed by atoms with Crippen molar-refractivity contribution in [3.63, 3.8) is 0 Å². The first kappa shape index (κ1) is 17.3. The van der Waals surface area contributed by atoms with Crippen molar-refractivity contribution >= 4 is 28.4 Å². The fraction of sp³-hybridized carbons (Fsp3) is 0.273. The average Bonchev–Trinajstić information content (AvgIpc) is 3.19. The van der Waals surface area contributed by atoms with Crippen molar-refractivity contribution in [2.24, 2.45) is 0 Å². The largest absolute Gasteiger partial charge is 0.497 e. The number of carbonyl (C=O) groups is 2. The maximum absolute atomic E-state index is 13.2. The van der Waals surface area contributed by atoms with Gasteiger partial charge >= 0.3 is 0 Å². The standard InChI is InChI=1S/C22H22N2O3/c1-3-11-23-14-19(17-9-4-5-10-20(17)23)18-13-21(25)24(22(18)26)15-7-6-8-16(12-15)27-2/h4-10,12,14,18H,3,11,13H2,1-2H3/t18-/m1/s1. The maximum Gasteiger partial charge on any atom is 0.241 e. The predicted molar refractivity (Wildman–Crippen MR) is 105 cm³/mol. The number of amides is 2. The van der Waals surface area contributed by atoms with E-state index in [4.69, 9.17) is 4.74 Å². The molecule has 0 saturated carbocycles. The van der Waals surface area contributed by atoms with Crippen LogP contribution in [-0.2, 0) is 16.1 Å². The van der Waals surface area contributed by atoms with E-state index in [1.54, 1.807) is 31.4 Å². The highest BCUT2D eigenvalue weighted by atomic mass is 16.5. The Hall–Kier alpha value is -3.08. The molecule has 3 aromatic rings. The van der Waals surface area contributed by atoms with Crippen LogP contribution < -0.4 is 9.64 Å². The van der Waals surface area contributed by atoms with E-state index in [0.29, 0.717) is 11.4 Å². The van der Waals surface area contributed by atoms with E-state index in [1.807, 2.05) is 24.4 Å². The van der Waals surface area contributed by atoms with Gasteiger partial charge in [0.2, 0.25) is 11.8 Å². The number of imide groups is 1. The number of aromatic nitrogens is 1. The van der Waals surface area contributed by atoms with E-state index in [2.05, 4.69) is 17.6 Å². The molecule has 2 heterocycles. The molecule has 27 heavy (non-hydrogen) atoms. The number of hydrogen-bond acceptors (Lipinski definition) is 3. The lowest BCUT2D eigenvalue weighted by Gasteiger charge is -2.15. The summed E-state index contributed by atoms with van der Waals surface area (Å²) < 4.78 is 7.41. The summed E-state index contributed by atoms with van der Waals surface area (Å²) in [4.78, 5) is 27.2. The van der Waals surface area contributed by atoms with Crippen LogP contribution in [0.3, 0.4) is 0 Å². The van der Waals surface area contributed by atoms with Crippen LogP contribution in [0.5, 0.6) is 5.75 Å². The Balaban J connectivity index is 1.75. The van der Waals surface area contributed by atoms with E-state index in [0.717, 1.165) is 29.4 Å². The van der Waals surface area contributed by atoms with Crippen LogP contribution in [-0.4, -0.2) is 23.5 Å². The number of aryl methyl sites for hydroxylation is 1. The van der Waals surface area contributed by atoms with Crippen molar-refractivity contribution in [3.8, 4) is 5.75 Å². The molecule has 138 valence electrons. The Morgan fingerprint density at radius 3 is 2.70 bits per heavy atom. The number of methoxy groups -OCH3 is 1. The zero-order valence-electron chi connectivity index (χ0n) is 15.5. The van der Waals surface area contributed by atoms with Crippen molar-refractivity contribution in [2.75, 3.05) is 12.0 Å². The molecule has 1 fully saturated rings. The summed E-state index contributed by atoms with van der Waals surface area (Å²) in [5.41, 5.74) is 2.60. The molecule has 5 nitrogen and oxygen atoms in total. The molecule has 0 aliphatic carbocycles. The highest BCUT2D eigenvalue weighted by Crippen LogP contribution is 2.38. The third kappa shape index (κ3) is 2.89. The van der Waals surface area contributed by atoms with Crippen molar-refractivity contribution < 1.29 is 14.3 Å². The van der Waals surface area contributed by atoms with Crippen LogP contribution in [0.4, 0.5) is 5.69 Å². The second kappa shape index (κ2) is 6.91. The van der Waals surface area contributed by atoms with Gasteiger partial charge in [-0.3, -0.25) is 9.59 Å². The molecule has 1 aliphatic rings. The van der Waals surface area contributed by atoms with Crippen LogP contribution in [0.1, 0.15) is 31.2 Å². The van der Waals surface area contributed by atoms with E-state index < -0.39 is 5.92 Å². The minimum absolute atomic E-state index is 0.173. The Labute approximate surface area is 158 Å². The molecule has 0 spiro atoms. The first-order chi connectivity index (χ1) is 13.1. The summed E-state index contributed by atoms with van der Waals surface area (Å²) in [5.74, 6) is -0.180. The topological polar surface area (TPSA) is 51.5 Å². The smallest absolute Gasteiger partial charge is 0.241 e. The molecule has 5 heteroatoms. The van der Waals surface area contributed by atoms with Crippen LogP contribution >= 0.6 is 0 Å². The van der Waals surface area contributed by atoms with Gasteiger partial charge in [0.15, 0.2) is 0 Å². The average molecular weight is 362 g/mol. The van der Waals surface area contributed by atoms with E-state index >= 15 is 0 Å². The Kier molecular flexibility index (Phi) is 4.44. The molecule has 1 atom stereocenters. The monoisotopic (exact) mass is 362 g/mol. The molecule has 1 aliphatic heterocycles. The van der Waals surface area contributed by atoms with Crippen molar-refractivity contribution in [2.45, 2.75) is 32.2 Å². The number of fused-ring (bicyclic) bond motifs is 1. The molecule has 2 amide bonds. The number of para-hydroxylation sites is 1. The molecular weight excluding hydrogens is 340 g/mol. The normalized spacial score (nSPS) is 17.1. The number of rotatable bonds is 5. The molecule has 4 rings (SSSR count). The fourth-order valence-electron chi connectivity index (χ4n) is 3.87. The second-order valence-corrected chi connectivity index (χ2v) is 6.82. The van der Waals surface area contributed by atoms with Crippen molar-refractivity contribution in [1.82, 2.24) is 4.57 Å². The van der Waals surface area contributed by atoms with E-state index in [-0.39, 0.29) is 18.2 Å². The van der Waals surface area contributed by atoms with E-state index in [9.17, 15) is 9.59 Å². The predicted octanol–water partition coefficient (Wildman–Crippen LogP) is 4.11. The molecule has 0 unspecified atom stereocenters. The number of carbonyl (C=O) groups excluding carboxylic acids is 2. The van der Waals surface area contributed by atoms with Gasteiger partial charge in [0.05, 0.1) is 18.7 Å². The minimum Gasteiger partial charge on any atom is -0.497 e. The lowest BCUT2D eigenvalue weighted by atomic mass is 9.97. The van der Waals surface area contributed by atoms with Crippen LogP contribution in [0.2, 0.25) is 0 Å². The highest BCUT2D eigenvalue weighted by Gasteiger charge is 2.41. The third-order valence-electron chi connectivity index (χ3n) is 5.12. The number of nitrogens with zero attached hydrogens (tertiary/aromatic N) is 2. The van der Waals surface area contributed by atoms with Gasteiger partial charge in [-0.25, -0.2) is 4.90 Å². The number of anilines is 1. The lowest BCUT2D eigenvalue weighted by Crippen LogP contribution is -2.30. The van der Waals surface area contributed by atoms with Crippen LogP contribution in [0, 0.1) is 0 Å². The number of hydrogen-bond donors (Lipinski definition) is 0. The summed E-state index contributed by atoms with van der Waals surface area (Å²) in [6, 6.07) is 15.1. The molecule has 2 aromatic carbocycles. The summed E-state index contributed by atoms with van der Waals surface area (Å²) in [6.45, 7) is 3.01. The fourth-order valence-corrected chi connectivity index (χ4v) is 3.87. The Bertz CT molecular complexity index is 1020. The third-order valence-corrected chi connectivity index (χ3v) is 5.12. The molecule has 1 aromatic heterocycles. The zero-order valence-corrected chi connectivity index (χ0v) is 15.5. The summed E-state index contributed by atoms with van der Waals surface area (Å²) in [5, 5.41) is 1.05. The lowest BCUT2D eigenvalue weighted by molar-refractivity contribution is -0.121. The summed E-state index contributed by atoms with van der Waals surface area (Å²) >= 11 is 0. The van der Waals surface area contributed by atoms with Gasteiger partial charge in [0, 0.05) is 36.1 Å². The SMILES string of the molecule is CCCn1cc([C@H]2CC(=O)N(c3cccc(OC)c3)C2=O)c2ccccc21. The van der Waals surface area contributed by atoms with Gasteiger partial charge < -0.3 is 9.30 Å². The minimum atomic E-state index is -0.452. The number of benzene rings is 2. The van der Waals surface area contributed by atoms with Gasteiger partial charge in [-0.15, -0.1) is 0 Å². The van der Waals surface area contributed by atoms with Gasteiger partial charge in [-0.1, -0.05) is 31.2 Å². The first-order valence-electron chi connectivity index (χ1n) is 9.22. The van der Waals surface area contributed by atoms with Crippen molar-refractivity contribution in [3.05, 3.63) is 60.3 Å². The van der Waals surface area contributed by atoms with Crippen LogP contribution in [0.25, 0.3) is 10.9 Å². The van der Waals surface area contributed by atoms with Gasteiger partial charge in [-0.05, 0) is 30.2 Å². The quantitative estimate of drug-likeness (QED) is 0.642. The molecule has 0 bridgehead atoms. The zero-order chi connectivity index (χ0) is 19.0. The molecule has 1 saturated heterocycles. The summed E-state index contributed by atoms with van der Waals surface area (Å²) in [7, 11) is 1.57. The van der Waals surface area contributed by atoms with Crippen LogP contribution in [0.15, 0.2) is 54.7 Å². The Morgan fingerprint density at radius 1 is 1.11 bits per heavy atom. The molecule has 0 N–H and O–H groups in total. The summed E-state index contributed by atoms with van der Waals surface area (Å²) in [6.07, 6.45) is 3.24. The first-order valence-corrected chi connectivity index (χ1v) is 9.22.